The number of benzene rings is 1. The third kappa shape index (κ3) is 3.19. The van der Waals surface area contributed by atoms with Crippen LogP contribution in [0, 0.1) is 0 Å². The molecule has 0 nitrogen and oxygen atoms in total. The van der Waals surface area contributed by atoms with E-state index in [1.165, 1.54) is 11.1 Å². The van der Waals surface area contributed by atoms with Crippen LogP contribution in [-0.4, -0.2) is 6.16 Å². The number of rotatable bonds is 3. The zero-order valence-corrected chi connectivity index (χ0v) is 8.61. The summed E-state index contributed by atoms with van der Waals surface area (Å²) >= 11 is 0. The minimum absolute atomic E-state index is 1.06. The van der Waals surface area contributed by atoms with Crippen LogP contribution in [0.4, 0.5) is 0 Å². The van der Waals surface area contributed by atoms with E-state index < -0.39 is 0 Å². The minimum atomic E-state index is 1.06. The molecule has 0 fully saturated rings. The lowest BCUT2D eigenvalue weighted by atomic mass is 10.1. The molecule has 0 aliphatic carbocycles. The SMILES string of the molecule is C/C(=C\Cc1ccccc1)CP. The fraction of sp³-hybridized carbons (Fsp3) is 0.273. The third-order valence-electron chi connectivity index (χ3n) is 1.85. The van der Waals surface area contributed by atoms with E-state index in [0.29, 0.717) is 0 Å². The predicted molar refractivity (Wildman–Crippen MR) is 58.5 cm³/mol. The Labute approximate surface area is 76.9 Å². The second-order valence-corrected chi connectivity index (χ2v) is 3.35. The van der Waals surface area contributed by atoms with Gasteiger partial charge in [-0.1, -0.05) is 42.0 Å². The Hall–Kier alpha value is -0.610. The maximum Gasteiger partial charge on any atom is -0.00947 e. The van der Waals surface area contributed by atoms with Gasteiger partial charge in [-0.25, -0.2) is 0 Å². The topological polar surface area (TPSA) is 0 Å². The van der Waals surface area contributed by atoms with E-state index in [9.17, 15) is 0 Å². The van der Waals surface area contributed by atoms with E-state index >= 15 is 0 Å². The molecule has 0 saturated carbocycles. The van der Waals surface area contributed by atoms with Crippen molar-refractivity contribution in [3.8, 4) is 0 Å². The van der Waals surface area contributed by atoms with E-state index in [0.717, 1.165) is 12.6 Å². The van der Waals surface area contributed by atoms with Gasteiger partial charge in [0.25, 0.3) is 0 Å². The molecule has 0 bridgehead atoms. The number of hydrogen-bond acceptors (Lipinski definition) is 0. The summed E-state index contributed by atoms with van der Waals surface area (Å²) in [4.78, 5) is 0. The fourth-order valence-corrected chi connectivity index (χ4v) is 1.16. The smallest absolute Gasteiger partial charge is 0.00947 e. The van der Waals surface area contributed by atoms with Crippen molar-refractivity contribution in [3.05, 3.63) is 47.5 Å². The average molecular weight is 178 g/mol. The molecule has 0 aliphatic rings. The monoisotopic (exact) mass is 178 g/mol. The molecule has 0 radical (unpaired) electrons. The molecule has 1 heteroatoms. The van der Waals surface area contributed by atoms with Gasteiger partial charge in [-0.15, -0.1) is 9.24 Å². The van der Waals surface area contributed by atoms with Crippen LogP contribution >= 0.6 is 9.24 Å². The Bertz CT molecular complexity index is 249. The molecule has 0 amide bonds. The van der Waals surface area contributed by atoms with Gasteiger partial charge in [0.1, 0.15) is 0 Å². The summed E-state index contributed by atoms with van der Waals surface area (Å²) in [6, 6.07) is 10.5. The molecular weight excluding hydrogens is 163 g/mol. The Morgan fingerprint density at radius 3 is 2.58 bits per heavy atom. The van der Waals surface area contributed by atoms with Crippen molar-refractivity contribution in [1.82, 2.24) is 0 Å². The zero-order chi connectivity index (χ0) is 8.81. The van der Waals surface area contributed by atoms with Gasteiger partial charge in [0, 0.05) is 0 Å². The highest BCUT2D eigenvalue weighted by atomic mass is 31.0. The standard InChI is InChI=1S/C11H15P/c1-10(9-12)7-8-11-5-3-2-4-6-11/h2-7H,8-9,12H2,1H3/b10-7+. The largest absolute Gasteiger partial charge is 0.133 e. The highest BCUT2D eigenvalue weighted by Crippen LogP contribution is 2.04. The molecule has 1 atom stereocenters. The van der Waals surface area contributed by atoms with Gasteiger partial charge in [-0.2, -0.15) is 0 Å². The molecule has 0 N–H and O–H groups in total. The van der Waals surface area contributed by atoms with Gasteiger partial charge in [0.15, 0.2) is 0 Å². The summed E-state index contributed by atoms with van der Waals surface area (Å²) in [6.07, 6.45) is 4.41. The first-order valence-electron chi connectivity index (χ1n) is 4.22. The Balaban J connectivity index is 2.54. The fourth-order valence-electron chi connectivity index (χ4n) is 0.990. The van der Waals surface area contributed by atoms with Crippen LogP contribution in [-0.2, 0) is 6.42 Å². The first-order chi connectivity index (χ1) is 5.83. The van der Waals surface area contributed by atoms with E-state index in [1.54, 1.807) is 0 Å². The molecular formula is C11H15P. The predicted octanol–water partition coefficient (Wildman–Crippen LogP) is 3.05. The van der Waals surface area contributed by atoms with E-state index in [1.807, 2.05) is 0 Å². The van der Waals surface area contributed by atoms with Crippen molar-refractivity contribution in [1.29, 1.82) is 0 Å². The summed E-state index contributed by atoms with van der Waals surface area (Å²) in [6.45, 7) is 2.16. The van der Waals surface area contributed by atoms with Gasteiger partial charge in [-0.05, 0) is 25.1 Å². The molecule has 1 rings (SSSR count). The van der Waals surface area contributed by atoms with Crippen LogP contribution in [0.15, 0.2) is 42.0 Å². The maximum absolute atomic E-state index is 2.74. The molecule has 0 heterocycles. The van der Waals surface area contributed by atoms with E-state index in [2.05, 4.69) is 52.6 Å². The van der Waals surface area contributed by atoms with Gasteiger partial charge >= 0.3 is 0 Å². The molecule has 12 heavy (non-hydrogen) atoms. The molecule has 1 aromatic rings. The second kappa shape index (κ2) is 5.11. The highest BCUT2D eigenvalue weighted by Gasteiger charge is 1.87. The number of allylic oxidation sites excluding steroid dienone is 2. The second-order valence-electron chi connectivity index (χ2n) is 2.94. The number of hydrogen-bond donors (Lipinski definition) is 0. The lowest BCUT2D eigenvalue weighted by Gasteiger charge is -1.96. The lowest BCUT2D eigenvalue weighted by molar-refractivity contribution is 1.22. The lowest BCUT2D eigenvalue weighted by Crippen LogP contribution is -1.82. The molecule has 0 saturated heterocycles. The van der Waals surface area contributed by atoms with Crippen molar-refractivity contribution in [3.63, 3.8) is 0 Å². The molecule has 0 spiro atoms. The van der Waals surface area contributed by atoms with Crippen LogP contribution in [0.1, 0.15) is 12.5 Å². The summed E-state index contributed by atoms with van der Waals surface area (Å²) in [5.41, 5.74) is 2.82. The molecule has 1 aromatic carbocycles. The minimum Gasteiger partial charge on any atom is -0.133 e. The molecule has 0 aliphatic heterocycles. The van der Waals surface area contributed by atoms with Crippen LogP contribution in [0.5, 0.6) is 0 Å². The summed E-state index contributed by atoms with van der Waals surface area (Å²) in [5, 5.41) is 0. The Kier molecular flexibility index (Phi) is 4.04. The van der Waals surface area contributed by atoms with Gasteiger partial charge in [0.2, 0.25) is 0 Å². The summed E-state index contributed by atoms with van der Waals surface area (Å²) in [7, 11) is 2.74. The van der Waals surface area contributed by atoms with Gasteiger partial charge in [0.05, 0.1) is 0 Å². The van der Waals surface area contributed by atoms with Crippen LogP contribution in [0.3, 0.4) is 0 Å². The van der Waals surface area contributed by atoms with Crippen molar-refractivity contribution in [2.45, 2.75) is 13.3 Å². The van der Waals surface area contributed by atoms with Crippen molar-refractivity contribution >= 4 is 9.24 Å². The summed E-state index contributed by atoms with van der Waals surface area (Å²) < 4.78 is 0. The maximum atomic E-state index is 2.74. The Morgan fingerprint density at radius 1 is 1.33 bits per heavy atom. The first-order valence-corrected chi connectivity index (χ1v) is 5.04. The van der Waals surface area contributed by atoms with Gasteiger partial charge < -0.3 is 0 Å². The van der Waals surface area contributed by atoms with Crippen molar-refractivity contribution < 1.29 is 0 Å². The Morgan fingerprint density at radius 2 is 2.00 bits per heavy atom. The van der Waals surface area contributed by atoms with Gasteiger partial charge in [-0.3, -0.25) is 0 Å². The van der Waals surface area contributed by atoms with Crippen molar-refractivity contribution in [2.24, 2.45) is 0 Å². The first kappa shape index (κ1) is 9.48. The molecule has 1 unspecified atom stereocenters. The third-order valence-corrected chi connectivity index (χ3v) is 2.49. The average Bonchev–Trinajstić information content (AvgIpc) is 2.16. The van der Waals surface area contributed by atoms with E-state index in [4.69, 9.17) is 0 Å². The van der Waals surface area contributed by atoms with Crippen LogP contribution in [0.2, 0.25) is 0 Å². The molecule has 64 valence electrons. The summed E-state index contributed by atoms with van der Waals surface area (Å²) in [5.74, 6) is 0. The highest BCUT2D eigenvalue weighted by molar-refractivity contribution is 7.16. The zero-order valence-electron chi connectivity index (χ0n) is 7.46. The normalized spacial score (nSPS) is 11.7. The van der Waals surface area contributed by atoms with Crippen LogP contribution in [0.25, 0.3) is 0 Å². The quantitative estimate of drug-likeness (QED) is 0.493. The van der Waals surface area contributed by atoms with Crippen LogP contribution < -0.4 is 0 Å². The van der Waals surface area contributed by atoms with E-state index in [-0.39, 0.29) is 0 Å². The van der Waals surface area contributed by atoms with Crippen molar-refractivity contribution in [2.75, 3.05) is 6.16 Å². The molecule has 0 aromatic heterocycles.